The maximum absolute atomic E-state index is 2.45. The second kappa shape index (κ2) is 2.44. The normalized spacial score (nSPS) is 41.7. The fourth-order valence-corrected chi connectivity index (χ4v) is 3.00. The van der Waals surface area contributed by atoms with E-state index >= 15 is 0 Å². The largest absolute Gasteiger partial charge is 0.153 e. The lowest BCUT2D eigenvalue weighted by Crippen LogP contribution is -2.21. The zero-order valence-corrected chi connectivity index (χ0v) is 7.54. The monoisotopic (exact) mass is 156 g/mol. The highest BCUT2D eigenvalue weighted by Gasteiger charge is 2.45. The molecule has 1 atom stereocenters. The third-order valence-electron chi connectivity index (χ3n) is 3.07. The van der Waals surface area contributed by atoms with Crippen molar-refractivity contribution in [3.05, 3.63) is 0 Å². The lowest BCUT2D eigenvalue weighted by molar-refractivity contribution is 0.323. The van der Waals surface area contributed by atoms with Crippen LogP contribution in [0.3, 0.4) is 0 Å². The first-order chi connectivity index (χ1) is 4.81. The first kappa shape index (κ1) is 7.02. The highest BCUT2D eigenvalue weighted by atomic mass is 32.2. The van der Waals surface area contributed by atoms with E-state index in [2.05, 4.69) is 18.7 Å². The van der Waals surface area contributed by atoms with Crippen LogP contribution < -0.4 is 0 Å². The fraction of sp³-hybridized carbons (Fsp3) is 1.00. The molecule has 1 saturated carbocycles. The Kier molecular flexibility index (Phi) is 1.71. The van der Waals surface area contributed by atoms with E-state index in [4.69, 9.17) is 0 Å². The zero-order valence-electron chi connectivity index (χ0n) is 6.73. The molecular weight excluding hydrogens is 140 g/mol. The van der Waals surface area contributed by atoms with Crippen molar-refractivity contribution in [2.45, 2.75) is 43.8 Å². The van der Waals surface area contributed by atoms with Crippen molar-refractivity contribution < 1.29 is 0 Å². The van der Waals surface area contributed by atoms with Gasteiger partial charge in [0, 0.05) is 10.5 Å². The summed E-state index contributed by atoms with van der Waals surface area (Å²) in [6, 6.07) is 0. The average molecular weight is 156 g/mol. The molecule has 0 N–H and O–H groups in total. The Morgan fingerprint density at radius 2 is 1.80 bits per heavy atom. The van der Waals surface area contributed by atoms with E-state index < -0.39 is 0 Å². The molecule has 10 heavy (non-hydrogen) atoms. The van der Waals surface area contributed by atoms with Crippen LogP contribution in [0, 0.1) is 5.92 Å². The van der Waals surface area contributed by atoms with Crippen LogP contribution in [0.25, 0.3) is 0 Å². The topological polar surface area (TPSA) is 0 Å². The Hall–Kier alpha value is 0.350. The molecule has 0 nitrogen and oxygen atoms in total. The highest BCUT2D eigenvalue weighted by Crippen LogP contribution is 2.54. The van der Waals surface area contributed by atoms with E-state index in [1.807, 2.05) is 0 Å². The molecule has 0 aromatic rings. The minimum Gasteiger partial charge on any atom is -0.153 e. The van der Waals surface area contributed by atoms with Crippen LogP contribution in [-0.4, -0.2) is 10.5 Å². The Morgan fingerprint density at radius 3 is 2.30 bits per heavy atom. The Balaban J connectivity index is 1.91. The first-order valence-electron chi connectivity index (χ1n) is 4.45. The SMILES string of the molecule is CC1(C2CCCCC2)CS1. The predicted octanol–water partition coefficient (Wildman–Crippen LogP) is 3.07. The van der Waals surface area contributed by atoms with Crippen molar-refractivity contribution >= 4 is 11.8 Å². The second-order valence-electron chi connectivity index (χ2n) is 3.94. The molecule has 1 heterocycles. The van der Waals surface area contributed by atoms with Crippen molar-refractivity contribution in [2.24, 2.45) is 5.92 Å². The van der Waals surface area contributed by atoms with Crippen molar-refractivity contribution in [1.82, 2.24) is 0 Å². The van der Waals surface area contributed by atoms with Crippen molar-refractivity contribution in [3.8, 4) is 0 Å². The molecule has 0 spiro atoms. The lowest BCUT2D eigenvalue weighted by Gasteiger charge is -2.25. The Morgan fingerprint density at radius 1 is 1.20 bits per heavy atom. The number of rotatable bonds is 1. The van der Waals surface area contributed by atoms with Gasteiger partial charge in [-0.25, -0.2) is 0 Å². The first-order valence-corrected chi connectivity index (χ1v) is 5.44. The maximum Gasteiger partial charge on any atom is 0.0251 e. The summed E-state index contributed by atoms with van der Waals surface area (Å²) in [4.78, 5) is 0. The summed E-state index contributed by atoms with van der Waals surface area (Å²) in [5.74, 6) is 2.52. The third kappa shape index (κ3) is 1.20. The molecule has 0 amide bonds. The summed E-state index contributed by atoms with van der Waals surface area (Å²) in [6.07, 6.45) is 7.53. The van der Waals surface area contributed by atoms with Gasteiger partial charge in [0.15, 0.2) is 0 Å². The van der Waals surface area contributed by atoms with Gasteiger partial charge in [-0.1, -0.05) is 19.3 Å². The molecule has 0 aromatic heterocycles. The zero-order chi connectivity index (χ0) is 7.03. The summed E-state index contributed by atoms with van der Waals surface area (Å²) >= 11 is 2.18. The summed E-state index contributed by atoms with van der Waals surface area (Å²) in [5.41, 5.74) is 0. The van der Waals surface area contributed by atoms with Crippen LogP contribution in [0.4, 0.5) is 0 Å². The van der Waals surface area contributed by atoms with E-state index in [1.165, 1.54) is 37.9 Å². The molecule has 0 bridgehead atoms. The van der Waals surface area contributed by atoms with Gasteiger partial charge in [0.25, 0.3) is 0 Å². The summed E-state index contributed by atoms with van der Waals surface area (Å²) in [7, 11) is 0. The molecule has 1 unspecified atom stereocenters. The van der Waals surface area contributed by atoms with E-state index in [0.29, 0.717) is 0 Å². The number of thioether (sulfide) groups is 1. The molecule has 1 heteroatoms. The quantitative estimate of drug-likeness (QED) is 0.526. The predicted molar refractivity (Wildman–Crippen MR) is 47.4 cm³/mol. The van der Waals surface area contributed by atoms with Crippen molar-refractivity contribution in [1.29, 1.82) is 0 Å². The van der Waals surface area contributed by atoms with Gasteiger partial charge in [-0.15, -0.1) is 0 Å². The molecule has 1 aliphatic carbocycles. The van der Waals surface area contributed by atoms with Gasteiger partial charge in [0.1, 0.15) is 0 Å². The summed E-state index contributed by atoms with van der Waals surface area (Å²) < 4.78 is 0.737. The molecular formula is C9H16S. The van der Waals surface area contributed by atoms with Gasteiger partial charge >= 0.3 is 0 Å². The minimum absolute atomic E-state index is 0.737. The van der Waals surface area contributed by atoms with Gasteiger partial charge in [-0.05, 0) is 25.7 Å². The smallest absolute Gasteiger partial charge is 0.0251 e. The minimum atomic E-state index is 0.737. The average Bonchev–Trinajstić information content (AvgIpc) is 2.72. The van der Waals surface area contributed by atoms with Crippen LogP contribution in [0.15, 0.2) is 0 Å². The summed E-state index contributed by atoms with van der Waals surface area (Å²) in [5, 5.41) is 0. The lowest BCUT2D eigenvalue weighted by atomic mass is 9.82. The Labute approximate surface area is 67.8 Å². The van der Waals surface area contributed by atoms with Crippen LogP contribution in [0.5, 0.6) is 0 Å². The molecule has 2 fully saturated rings. The van der Waals surface area contributed by atoms with E-state index in [1.54, 1.807) is 0 Å². The van der Waals surface area contributed by atoms with Crippen molar-refractivity contribution in [2.75, 3.05) is 5.75 Å². The van der Waals surface area contributed by atoms with E-state index in [-0.39, 0.29) is 0 Å². The van der Waals surface area contributed by atoms with Crippen molar-refractivity contribution in [3.63, 3.8) is 0 Å². The summed E-state index contributed by atoms with van der Waals surface area (Å²) in [6.45, 7) is 2.45. The third-order valence-corrected chi connectivity index (χ3v) is 4.60. The van der Waals surface area contributed by atoms with Crippen LogP contribution in [0.2, 0.25) is 0 Å². The van der Waals surface area contributed by atoms with Gasteiger partial charge in [-0.3, -0.25) is 0 Å². The van der Waals surface area contributed by atoms with Crippen LogP contribution >= 0.6 is 11.8 Å². The molecule has 2 aliphatic rings. The fourth-order valence-electron chi connectivity index (χ4n) is 2.06. The molecule has 1 aliphatic heterocycles. The molecule has 2 rings (SSSR count). The molecule has 0 aromatic carbocycles. The number of hydrogen-bond donors (Lipinski definition) is 0. The maximum atomic E-state index is 2.45. The number of hydrogen-bond acceptors (Lipinski definition) is 1. The second-order valence-corrected chi connectivity index (χ2v) is 5.45. The Bertz CT molecular complexity index is 121. The highest BCUT2D eigenvalue weighted by molar-refractivity contribution is 8.07. The van der Waals surface area contributed by atoms with Gasteiger partial charge in [0.2, 0.25) is 0 Å². The van der Waals surface area contributed by atoms with Crippen LogP contribution in [0.1, 0.15) is 39.0 Å². The van der Waals surface area contributed by atoms with Crippen LogP contribution in [-0.2, 0) is 0 Å². The molecule has 0 radical (unpaired) electrons. The molecule has 58 valence electrons. The van der Waals surface area contributed by atoms with Gasteiger partial charge < -0.3 is 0 Å². The van der Waals surface area contributed by atoms with Gasteiger partial charge in [-0.2, -0.15) is 11.8 Å². The molecule has 1 saturated heterocycles. The van der Waals surface area contributed by atoms with E-state index in [9.17, 15) is 0 Å². The van der Waals surface area contributed by atoms with E-state index in [0.717, 1.165) is 10.7 Å². The van der Waals surface area contributed by atoms with Gasteiger partial charge in [0.05, 0.1) is 0 Å². The standard InChI is InChI=1S/C9H16S/c1-9(7-10-9)8-5-3-2-4-6-8/h8H,2-7H2,1H3.